The van der Waals surface area contributed by atoms with Gasteiger partial charge in [-0.3, -0.25) is 9.59 Å². The molecule has 0 aliphatic carbocycles. The maximum atomic E-state index is 12.3. The molecule has 0 unspecified atom stereocenters. The van der Waals surface area contributed by atoms with Crippen molar-refractivity contribution in [2.24, 2.45) is 0 Å². The maximum absolute atomic E-state index is 12.3. The molecule has 0 bridgehead atoms. The zero-order valence-corrected chi connectivity index (χ0v) is 14.5. The third-order valence-electron chi connectivity index (χ3n) is 3.58. The van der Waals surface area contributed by atoms with E-state index in [4.69, 9.17) is 21.4 Å². The number of benzene rings is 2. The standard InChI is InChI=1S/C19H20ClNO4/c20-16-9-3-1-7-14(16)13-25-17-10-4-2-8-15(17)19(24)21-12-6-5-11-18(22)23/h1-4,7-10H,5-6,11-13H2,(H,21,24)(H,22,23). The van der Waals surface area contributed by atoms with Crippen molar-refractivity contribution in [2.45, 2.75) is 25.9 Å². The predicted molar refractivity (Wildman–Crippen MR) is 96.0 cm³/mol. The predicted octanol–water partition coefficient (Wildman–Crippen LogP) is 3.90. The van der Waals surface area contributed by atoms with Crippen molar-refractivity contribution in [3.8, 4) is 5.75 Å². The van der Waals surface area contributed by atoms with Gasteiger partial charge in [0.15, 0.2) is 0 Å². The molecule has 0 spiro atoms. The topological polar surface area (TPSA) is 75.6 Å². The Bertz CT molecular complexity index is 733. The van der Waals surface area contributed by atoms with E-state index >= 15 is 0 Å². The van der Waals surface area contributed by atoms with Gasteiger partial charge in [-0.05, 0) is 31.0 Å². The van der Waals surface area contributed by atoms with E-state index in [1.807, 2.05) is 18.2 Å². The van der Waals surface area contributed by atoms with Crippen LogP contribution in [0.2, 0.25) is 5.02 Å². The van der Waals surface area contributed by atoms with E-state index in [-0.39, 0.29) is 18.9 Å². The molecular weight excluding hydrogens is 342 g/mol. The molecule has 0 aromatic heterocycles. The van der Waals surface area contributed by atoms with Crippen LogP contribution < -0.4 is 10.1 Å². The van der Waals surface area contributed by atoms with Crippen molar-refractivity contribution in [3.63, 3.8) is 0 Å². The van der Waals surface area contributed by atoms with Gasteiger partial charge < -0.3 is 15.2 Å². The molecule has 2 rings (SSSR count). The van der Waals surface area contributed by atoms with E-state index in [1.54, 1.807) is 30.3 Å². The molecule has 0 aliphatic rings. The van der Waals surface area contributed by atoms with E-state index in [2.05, 4.69) is 5.32 Å². The number of unbranched alkanes of at least 4 members (excludes halogenated alkanes) is 1. The van der Waals surface area contributed by atoms with Crippen LogP contribution in [0.5, 0.6) is 5.75 Å². The minimum Gasteiger partial charge on any atom is -0.488 e. The Morgan fingerprint density at radius 2 is 1.76 bits per heavy atom. The van der Waals surface area contributed by atoms with Crippen LogP contribution in [0, 0.1) is 0 Å². The number of nitrogens with one attached hydrogen (secondary N) is 1. The Morgan fingerprint density at radius 3 is 2.52 bits per heavy atom. The molecule has 2 N–H and O–H groups in total. The van der Waals surface area contributed by atoms with E-state index in [1.165, 1.54) is 0 Å². The summed E-state index contributed by atoms with van der Waals surface area (Å²) in [7, 11) is 0. The van der Waals surface area contributed by atoms with Crippen LogP contribution in [0.15, 0.2) is 48.5 Å². The molecular formula is C19H20ClNO4. The van der Waals surface area contributed by atoms with E-state index in [0.717, 1.165) is 5.56 Å². The van der Waals surface area contributed by atoms with Crippen LogP contribution in [0.3, 0.4) is 0 Å². The van der Waals surface area contributed by atoms with Gasteiger partial charge in [0.2, 0.25) is 0 Å². The van der Waals surface area contributed by atoms with Crippen molar-refractivity contribution in [3.05, 3.63) is 64.7 Å². The fraction of sp³-hybridized carbons (Fsp3) is 0.263. The highest BCUT2D eigenvalue weighted by molar-refractivity contribution is 6.31. The lowest BCUT2D eigenvalue weighted by Crippen LogP contribution is -2.25. The molecule has 25 heavy (non-hydrogen) atoms. The molecule has 132 valence electrons. The lowest BCUT2D eigenvalue weighted by atomic mass is 10.1. The fourth-order valence-corrected chi connectivity index (χ4v) is 2.44. The normalized spacial score (nSPS) is 10.3. The molecule has 5 nitrogen and oxygen atoms in total. The number of hydrogen-bond donors (Lipinski definition) is 2. The maximum Gasteiger partial charge on any atom is 0.303 e. The first-order valence-corrected chi connectivity index (χ1v) is 8.41. The van der Waals surface area contributed by atoms with Crippen molar-refractivity contribution in [1.29, 1.82) is 0 Å². The quantitative estimate of drug-likeness (QED) is 0.664. The van der Waals surface area contributed by atoms with Gasteiger partial charge in [-0.2, -0.15) is 0 Å². The third-order valence-corrected chi connectivity index (χ3v) is 3.94. The number of rotatable bonds is 9. The lowest BCUT2D eigenvalue weighted by Gasteiger charge is -2.12. The van der Waals surface area contributed by atoms with Crippen molar-refractivity contribution in [2.75, 3.05) is 6.54 Å². The number of ether oxygens (including phenoxy) is 1. The first-order valence-electron chi connectivity index (χ1n) is 8.03. The van der Waals surface area contributed by atoms with Gasteiger partial charge in [0, 0.05) is 23.6 Å². The van der Waals surface area contributed by atoms with Gasteiger partial charge >= 0.3 is 5.97 Å². The molecule has 0 aliphatic heterocycles. The van der Waals surface area contributed by atoms with Gasteiger partial charge in [-0.25, -0.2) is 0 Å². The summed E-state index contributed by atoms with van der Waals surface area (Å²) < 4.78 is 5.76. The number of para-hydroxylation sites is 1. The largest absolute Gasteiger partial charge is 0.488 e. The van der Waals surface area contributed by atoms with Gasteiger partial charge in [0.1, 0.15) is 12.4 Å². The smallest absolute Gasteiger partial charge is 0.303 e. The molecule has 0 saturated carbocycles. The minimum absolute atomic E-state index is 0.105. The van der Waals surface area contributed by atoms with E-state index in [9.17, 15) is 9.59 Å². The monoisotopic (exact) mass is 361 g/mol. The highest BCUT2D eigenvalue weighted by Crippen LogP contribution is 2.22. The average molecular weight is 362 g/mol. The van der Waals surface area contributed by atoms with Crippen LogP contribution in [0.1, 0.15) is 35.2 Å². The number of carboxylic acid groups (broad SMARTS) is 1. The van der Waals surface area contributed by atoms with Crippen molar-refractivity contribution >= 4 is 23.5 Å². The summed E-state index contributed by atoms with van der Waals surface area (Å²) in [6.07, 6.45) is 1.24. The summed E-state index contributed by atoms with van der Waals surface area (Å²) in [4.78, 5) is 22.8. The van der Waals surface area contributed by atoms with Crippen molar-refractivity contribution < 1.29 is 19.4 Å². The van der Waals surface area contributed by atoms with Crippen LogP contribution >= 0.6 is 11.6 Å². The van der Waals surface area contributed by atoms with Gasteiger partial charge in [0.25, 0.3) is 5.91 Å². The second kappa shape index (κ2) is 9.69. The third kappa shape index (κ3) is 6.12. The summed E-state index contributed by atoms with van der Waals surface area (Å²) in [6.45, 7) is 0.688. The molecule has 2 aromatic rings. The van der Waals surface area contributed by atoms with Crippen LogP contribution in [-0.2, 0) is 11.4 Å². The van der Waals surface area contributed by atoms with Gasteiger partial charge in [0.05, 0.1) is 5.56 Å². The van der Waals surface area contributed by atoms with Crippen LogP contribution in [-0.4, -0.2) is 23.5 Å². The van der Waals surface area contributed by atoms with E-state index < -0.39 is 5.97 Å². The van der Waals surface area contributed by atoms with Gasteiger partial charge in [-0.1, -0.05) is 41.9 Å². The van der Waals surface area contributed by atoms with Crippen LogP contribution in [0.4, 0.5) is 0 Å². The number of carbonyl (C=O) groups excluding carboxylic acids is 1. The Kier molecular flexibility index (Phi) is 7.29. The summed E-state index contributed by atoms with van der Waals surface area (Å²) in [6, 6.07) is 14.4. The van der Waals surface area contributed by atoms with E-state index in [0.29, 0.717) is 35.7 Å². The zero-order chi connectivity index (χ0) is 18.1. The van der Waals surface area contributed by atoms with Gasteiger partial charge in [-0.15, -0.1) is 0 Å². The molecule has 2 aromatic carbocycles. The Hall–Kier alpha value is -2.53. The number of hydrogen-bond acceptors (Lipinski definition) is 3. The number of aliphatic carboxylic acids is 1. The lowest BCUT2D eigenvalue weighted by molar-refractivity contribution is -0.137. The molecule has 6 heteroatoms. The molecule has 1 amide bonds. The van der Waals surface area contributed by atoms with Crippen molar-refractivity contribution in [1.82, 2.24) is 5.32 Å². The Labute approximate surface area is 151 Å². The summed E-state index contributed by atoms with van der Waals surface area (Å²) in [5.41, 5.74) is 1.28. The molecule has 0 heterocycles. The average Bonchev–Trinajstić information content (AvgIpc) is 2.60. The highest BCUT2D eigenvalue weighted by atomic mass is 35.5. The number of amides is 1. The number of halogens is 1. The summed E-state index contributed by atoms with van der Waals surface area (Å²) in [5, 5.41) is 12.0. The van der Waals surface area contributed by atoms with Crippen LogP contribution in [0.25, 0.3) is 0 Å². The second-order valence-corrected chi connectivity index (χ2v) is 5.89. The molecule has 0 fully saturated rings. The minimum atomic E-state index is -0.829. The summed E-state index contributed by atoms with van der Waals surface area (Å²) in [5.74, 6) is -0.597. The Balaban J connectivity index is 1.92. The molecule has 0 saturated heterocycles. The molecule has 0 atom stereocenters. The summed E-state index contributed by atoms with van der Waals surface area (Å²) >= 11 is 6.11. The zero-order valence-electron chi connectivity index (χ0n) is 13.7. The number of carbonyl (C=O) groups is 2. The highest BCUT2D eigenvalue weighted by Gasteiger charge is 2.12. The first kappa shape index (κ1) is 18.8. The Morgan fingerprint density at radius 1 is 1.04 bits per heavy atom. The first-order chi connectivity index (χ1) is 12.1. The SMILES string of the molecule is O=C(O)CCCCNC(=O)c1ccccc1OCc1ccccc1Cl. The second-order valence-electron chi connectivity index (χ2n) is 5.48. The molecule has 0 radical (unpaired) electrons. The fourth-order valence-electron chi connectivity index (χ4n) is 2.25. The number of carboxylic acids is 1.